The molecule has 2 nitrogen and oxygen atoms in total. The maximum absolute atomic E-state index is 5.41. The van der Waals surface area contributed by atoms with Crippen LogP contribution in [0, 0.1) is 0 Å². The van der Waals surface area contributed by atoms with Crippen LogP contribution in [0.15, 0.2) is 11.3 Å². The van der Waals surface area contributed by atoms with Crippen LogP contribution in [0.1, 0.15) is 34.1 Å². The Balaban J connectivity index is 0.000000396. The lowest BCUT2D eigenvalue weighted by Crippen LogP contribution is -2.40. The van der Waals surface area contributed by atoms with E-state index in [2.05, 4.69) is 18.7 Å². The van der Waals surface area contributed by atoms with Crippen LogP contribution in [0.4, 0.5) is 0 Å². The minimum atomic E-state index is 0.656. The van der Waals surface area contributed by atoms with Crippen LogP contribution < -0.4 is 0 Å². The molecule has 0 aromatic heterocycles. The van der Waals surface area contributed by atoms with E-state index < -0.39 is 0 Å². The van der Waals surface area contributed by atoms with Gasteiger partial charge in [-0.15, -0.1) is 0 Å². The summed E-state index contributed by atoms with van der Waals surface area (Å²) in [7, 11) is 0. The lowest BCUT2D eigenvalue weighted by molar-refractivity contribution is 0.0190. The maximum atomic E-state index is 5.41. The summed E-state index contributed by atoms with van der Waals surface area (Å²) in [5.41, 5.74) is 3.03. The highest BCUT2D eigenvalue weighted by Gasteiger charge is 2.29. The van der Waals surface area contributed by atoms with Gasteiger partial charge >= 0.3 is 0 Å². The molecule has 2 heteroatoms. The Bertz CT molecular complexity index is 198. The topological polar surface area (TPSA) is 12.5 Å². The van der Waals surface area contributed by atoms with Crippen LogP contribution in [0.2, 0.25) is 0 Å². The molecule has 0 spiro atoms. The van der Waals surface area contributed by atoms with Gasteiger partial charge in [-0.25, -0.2) is 0 Å². The van der Waals surface area contributed by atoms with E-state index in [1.54, 1.807) is 5.57 Å². The van der Waals surface area contributed by atoms with Crippen molar-refractivity contribution < 1.29 is 4.74 Å². The fourth-order valence-corrected chi connectivity index (χ4v) is 2.01. The van der Waals surface area contributed by atoms with Crippen molar-refractivity contribution in [1.29, 1.82) is 0 Å². The molecule has 0 bridgehead atoms. The second-order valence-corrected chi connectivity index (χ2v) is 3.49. The second kappa shape index (κ2) is 4.66. The van der Waals surface area contributed by atoms with Crippen LogP contribution >= 0.6 is 0 Å². The summed E-state index contributed by atoms with van der Waals surface area (Å²) in [5, 5.41) is 0. The Kier molecular flexibility index (Phi) is 3.79. The molecule has 0 radical (unpaired) electrons. The summed E-state index contributed by atoms with van der Waals surface area (Å²) in [5.74, 6) is 0. The number of hydrogen-bond donors (Lipinski definition) is 0. The van der Waals surface area contributed by atoms with Crippen molar-refractivity contribution in [3.63, 3.8) is 0 Å². The van der Waals surface area contributed by atoms with E-state index in [1.165, 1.54) is 12.1 Å². The van der Waals surface area contributed by atoms with Crippen LogP contribution in [-0.4, -0.2) is 30.7 Å². The van der Waals surface area contributed by atoms with Gasteiger partial charge in [0.15, 0.2) is 0 Å². The third kappa shape index (κ3) is 2.05. The first-order chi connectivity index (χ1) is 6.29. The number of hydrogen-bond acceptors (Lipinski definition) is 2. The first-order valence-corrected chi connectivity index (χ1v) is 5.30. The highest BCUT2D eigenvalue weighted by Crippen LogP contribution is 2.29. The molecule has 1 unspecified atom stereocenters. The van der Waals surface area contributed by atoms with Crippen LogP contribution in [-0.2, 0) is 4.74 Å². The molecule has 0 amide bonds. The van der Waals surface area contributed by atoms with Gasteiger partial charge in [-0.2, -0.15) is 0 Å². The lowest BCUT2D eigenvalue weighted by Gasteiger charge is -2.32. The van der Waals surface area contributed by atoms with E-state index in [1.807, 2.05) is 13.8 Å². The van der Waals surface area contributed by atoms with Crippen LogP contribution in [0.5, 0.6) is 0 Å². The van der Waals surface area contributed by atoms with Gasteiger partial charge in [0, 0.05) is 12.2 Å². The number of allylic oxidation sites excluding steroid dienone is 1. The molecule has 2 aliphatic heterocycles. The molecule has 1 atom stereocenters. The Morgan fingerprint density at radius 2 is 2.00 bits per heavy atom. The highest BCUT2D eigenvalue weighted by molar-refractivity contribution is 5.18. The largest absolute Gasteiger partial charge is 0.377 e. The minimum absolute atomic E-state index is 0.656. The van der Waals surface area contributed by atoms with Gasteiger partial charge in [0.1, 0.15) is 0 Å². The molecule has 2 aliphatic rings. The third-order valence-electron chi connectivity index (χ3n) is 2.82. The fraction of sp³-hybridized carbons (Fsp3) is 0.818. The van der Waals surface area contributed by atoms with Crippen LogP contribution in [0.25, 0.3) is 0 Å². The molecule has 2 rings (SSSR count). The summed E-state index contributed by atoms with van der Waals surface area (Å²) in [6, 6.07) is 0.656. The smallest absolute Gasteiger partial charge is 0.0673 e. The molecule has 2 heterocycles. The molecule has 0 aromatic carbocycles. The van der Waals surface area contributed by atoms with Crippen LogP contribution in [0.3, 0.4) is 0 Å². The predicted molar refractivity (Wildman–Crippen MR) is 55.7 cm³/mol. The molecular weight excluding hydrogens is 162 g/mol. The van der Waals surface area contributed by atoms with Gasteiger partial charge in [-0.3, -0.25) is 0 Å². The van der Waals surface area contributed by atoms with E-state index in [0.29, 0.717) is 6.04 Å². The maximum Gasteiger partial charge on any atom is 0.0673 e. The molecule has 1 saturated heterocycles. The standard InChI is InChI=1S/C9H15NO.C2H6/c1-7-5-9-6-11-4-3-10(9)8(7)2;1-2/h9H,3-6H2,1-2H3;1-2H3. The van der Waals surface area contributed by atoms with Crippen molar-refractivity contribution in [2.45, 2.75) is 40.2 Å². The molecule has 0 aliphatic carbocycles. The quantitative estimate of drug-likeness (QED) is 0.572. The average molecular weight is 183 g/mol. The predicted octanol–water partition coefficient (Wildman–Crippen LogP) is 2.41. The van der Waals surface area contributed by atoms with E-state index in [4.69, 9.17) is 4.74 Å². The third-order valence-corrected chi connectivity index (χ3v) is 2.82. The Morgan fingerprint density at radius 3 is 2.62 bits per heavy atom. The molecule has 1 fully saturated rings. The molecular formula is C11H21NO. The van der Waals surface area contributed by atoms with E-state index in [9.17, 15) is 0 Å². The zero-order valence-electron chi connectivity index (χ0n) is 9.26. The molecule has 0 N–H and O–H groups in total. The molecule has 13 heavy (non-hydrogen) atoms. The Labute approximate surface area is 81.6 Å². The second-order valence-electron chi connectivity index (χ2n) is 3.49. The summed E-state index contributed by atoms with van der Waals surface area (Å²) in [6.45, 7) is 11.4. The van der Waals surface area contributed by atoms with E-state index >= 15 is 0 Å². The number of morpholine rings is 1. The van der Waals surface area contributed by atoms with E-state index in [0.717, 1.165) is 19.8 Å². The summed E-state index contributed by atoms with van der Waals surface area (Å²) in [4.78, 5) is 2.48. The first kappa shape index (κ1) is 10.6. The number of ether oxygens (including phenoxy) is 1. The fourth-order valence-electron chi connectivity index (χ4n) is 2.01. The zero-order chi connectivity index (χ0) is 9.84. The minimum Gasteiger partial charge on any atom is -0.377 e. The molecule has 76 valence electrons. The van der Waals surface area contributed by atoms with Crippen molar-refractivity contribution in [3.8, 4) is 0 Å². The van der Waals surface area contributed by atoms with Gasteiger partial charge < -0.3 is 9.64 Å². The summed E-state index contributed by atoms with van der Waals surface area (Å²) >= 11 is 0. The van der Waals surface area contributed by atoms with Crippen molar-refractivity contribution in [1.82, 2.24) is 4.90 Å². The SMILES string of the molecule is CC.CC1=C(C)N2CCOCC2C1. The zero-order valence-corrected chi connectivity index (χ0v) is 9.26. The Morgan fingerprint density at radius 1 is 1.31 bits per heavy atom. The van der Waals surface area contributed by atoms with Crippen molar-refractivity contribution in [2.24, 2.45) is 0 Å². The van der Waals surface area contributed by atoms with Gasteiger partial charge in [-0.05, 0) is 20.3 Å². The summed E-state index contributed by atoms with van der Waals surface area (Å²) < 4.78 is 5.41. The number of rotatable bonds is 0. The highest BCUT2D eigenvalue weighted by atomic mass is 16.5. The van der Waals surface area contributed by atoms with E-state index in [-0.39, 0.29) is 0 Å². The van der Waals surface area contributed by atoms with Crippen molar-refractivity contribution >= 4 is 0 Å². The van der Waals surface area contributed by atoms with Crippen molar-refractivity contribution in [2.75, 3.05) is 19.8 Å². The van der Waals surface area contributed by atoms with Gasteiger partial charge in [0.05, 0.1) is 19.3 Å². The molecule has 0 aromatic rings. The number of nitrogens with zero attached hydrogens (tertiary/aromatic N) is 1. The normalized spacial score (nSPS) is 26.8. The summed E-state index contributed by atoms with van der Waals surface area (Å²) in [6.07, 6.45) is 1.21. The van der Waals surface area contributed by atoms with Gasteiger partial charge in [0.25, 0.3) is 0 Å². The molecule has 0 saturated carbocycles. The van der Waals surface area contributed by atoms with Crippen molar-refractivity contribution in [3.05, 3.63) is 11.3 Å². The van der Waals surface area contributed by atoms with Gasteiger partial charge in [-0.1, -0.05) is 19.4 Å². The lowest BCUT2D eigenvalue weighted by atomic mass is 10.1. The monoisotopic (exact) mass is 183 g/mol. The average Bonchev–Trinajstić information content (AvgIpc) is 2.47. The van der Waals surface area contributed by atoms with Gasteiger partial charge in [0.2, 0.25) is 0 Å². The Hall–Kier alpha value is -0.500. The first-order valence-electron chi connectivity index (χ1n) is 5.30. The number of fused-ring (bicyclic) bond motifs is 1.